The monoisotopic (exact) mass is 334 g/mol. The van der Waals surface area contributed by atoms with E-state index in [2.05, 4.69) is 0 Å². The topological polar surface area (TPSA) is 80.5 Å². The van der Waals surface area contributed by atoms with Gasteiger partial charge in [0.05, 0.1) is 10.6 Å². The number of primary sulfonamides is 1. The Morgan fingerprint density at radius 1 is 1.43 bits per heavy atom. The summed E-state index contributed by atoms with van der Waals surface area (Å²) in [6, 6.07) is 1.75. The van der Waals surface area contributed by atoms with Crippen molar-refractivity contribution in [3.8, 4) is 0 Å². The number of likely N-dealkylation sites (tertiary alicyclic amines) is 1. The Labute approximate surface area is 127 Å². The van der Waals surface area contributed by atoms with Gasteiger partial charge in [-0.3, -0.25) is 4.79 Å². The Kier molecular flexibility index (Phi) is 4.55. The van der Waals surface area contributed by atoms with E-state index in [1.807, 2.05) is 6.92 Å². The van der Waals surface area contributed by atoms with E-state index in [1.54, 1.807) is 4.90 Å². The molecule has 1 fully saturated rings. The lowest BCUT2D eigenvalue weighted by molar-refractivity contribution is 0.0635. The molecule has 1 amide bonds. The third-order valence-electron chi connectivity index (χ3n) is 3.62. The first-order valence-electron chi connectivity index (χ1n) is 6.54. The zero-order valence-electron chi connectivity index (χ0n) is 11.5. The quantitative estimate of drug-likeness (QED) is 0.899. The normalized spacial score (nSPS) is 19.6. The van der Waals surface area contributed by atoms with Crippen LogP contribution in [0.15, 0.2) is 17.0 Å². The summed E-state index contributed by atoms with van der Waals surface area (Å²) in [6.07, 6.45) is 2.77. The highest BCUT2D eigenvalue weighted by molar-refractivity contribution is 7.89. The van der Waals surface area contributed by atoms with Gasteiger partial charge >= 0.3 is 0 Å². The smallest absolute Gasteiger partial charge is 0.255 e. The van der Waals surface area contributed by atoms with Crippen molar-refractivity contribution in [2.75, 3.05) is 6.54 Å². The molecule has 2 rings (SSSR count). The van der Waals surface area contributed by atoms with E-state index in [0.29, 0.717) is 6.54 Å². The summed E-state index contributed by atoms with van der Waals surface area (Å²) in [5, 5.41) is 4.82. The Morgan fingerprint density at radius 3 is 2.67 bits per heavy atom. The van der Waals surface area contributed by atoms with Crippen molar-refractivity contribution in [3.63, 3.8) is 0 Å². The highest BCUT2D eigenvalue weighted by atomic mass is 35.5. The van der Waals surface area contributed by atoms with E-state index in [4.69, 9.17) is 16.7 Å². The van der Waals surface area contributed by atoms with Gasteiger partial charge in [-0.05, 0) is 38.3 Å². The predicted octanol–water partition coefficient (Wildman–Crippen LogP) is 2.14. The summed E-state index contributed by atoms with van der Waals surface area (Å²) >= 11 is 5.89. The largest absolute Gasteiger partial charge is 0.336 e. The molecule has 1 aromatic carbocycles. The molecule has 0 spiro atoms. The second-order valence-electron chi connectivity index (χ2n) is 5.15. The third kappa shape index (κ3) is 3.36. The number of benzene rings is 1. The molecule has 1 saturated heterocycles. The minimum atomic E-state index is -4.25. The molecule has 0 saturated carbocycles. The fraction of sp³-hybridized carbons (Fsp3) is 0.462. The van der Waals surface area contributed by atoms with E-state index in [9.17, 15) is 17.6 Å². The molecule has 0 bridgehead atoms. The second kappa shape index (κ2) is 5.90. The van der Waals surface area contributed by atoms with Crippen LogP contribution in [0, 0.1) is 5.82 Å². The van der Waals surface area contributed by atoms with Crippen LogP contribution in [0.25, 0.3) is 0 Å². The first kappa shape index (κ1) is 16.2. The molecule has 2 N–H and O–H groups in total. The number of hydrogen-bond acceptors (Lipinski definition) is 3. The number of amides is 1. The molecule has 0 radical (unpaired) electrons. The van der Waals surface area contributed by atoms with E-state index in [-0.39, 0.29) is 16.6 Å². The van der Waals surface area contributed by atoms with E-state index >= 15 is 0 Å². The van der Waals surface area contributed by atoms with Crippen LogP contribution in [0.3, 0.4) is 0 Å². The molecular weight excluding hydrogens is 319 g/mol. The van der Waals surface area contributed by atoms with Crippen molar-refractivity contribution in [2.45, 2.75) is 37.1 Å². The Morgan fingerprint density at radius 2 is 2.10 bits per heavy atom. The van der Waals surface area contributed by atoms with Gasteiger partial charge in [-0.1, -0.05) is 11.6 Å². The van der Waals surface area contributed by atoms with Crippen LogP contribution in [-0.4, -0.2) is 31.8 Å². The SMILES string of the molecule is CC1CCCCN1C(=O)c1cc(S(N)(=O)=O)c(F)cc1Cl. The van der Waals surface area contributed by atoms with Gasteiger partial charge in [-0.25, -0.2) is 17.9 Å². The molecule has 21 heavy (non-hydrogen) atoms. The number of carbonyl (C=O) groups is 1. The average molecular weight is 335 g/mol. The molecule has 5 nitrogen and oxygen atoms in total. The summed E-state index contributed by atoms with van der Waals surface area (Å²) in [5.41, 5.74) is -0.0455. The fourth-order valence-corrected chi connectivity index (χ4v) is 3.31. The Bertz CT molecular complexity index is 678. The minimum Gasteiger partial charge on any atom is -0.336 e. The highest BCUT2D eigenvalue weighted by Crippen LogP contribution is 2.27. The van der Waals surface area contributed by atoms with E-state index in [1.165, 1.54) is 0 Å². The van der Waals surface area contributed by atoms with Crippen LogP contribution < -0.4 is 5.14 Å². The van der Waals surface area contributed by atoms with Gasteiger partial charge in [0.2, 0.25) is 10.0 Å². The molecule has 1 aromatic rings. The van der Waals surface area contributed by atoms with Gasteiger partial charge in [0.15, 0.2) is 0 Å². The lowest BCUT2D eigenvalue weighted by Crippen LogP contribution is -2.42. The fourth-order valence-electron chi connectivity index (χ4n) is 2.47. The standard InChI is InChI=1S/C13H16ClFN2O3S/c1-8-4-2-3-5-17(8)13(18)9-6-12(21(16,19)20)11(15)7-10(9)14/h6-8H,2-5H2,1H3,(H2,16,19,20). The zero-order chi connectivity index (χ0) is 15.8. The molecule has 8 heteroatoms. The molecule has 1 unspecified atom stereocenters. The maximum Gasteiger partial charge on any atom is 0.255 e. The molecule has 1 heterocycles. The molecule has 116 valence electrons. The molecule has 1 atom stereocenters. The number of rotatable bonds is 2. The van der Waals surface area contributed by atoms with Crippen molar-refractivity contribution in [2.24, 2.45) is 5.14 Å². The van der Waals surface area contributed by atoms with Crippen LogP contribution in [0.4, 0.5) is 4.39 Å². The van der Waals surface area contributed by atoms with E-state index in [0.717, 1.165) is 31.4 Å². The molecule has 1 aliphatic rings. The van der Waals surface area contributed by atoms with Crippen molar-refractivity contribution < 1.29 is 17.6 Å². The van der Waals surface area contributed by atoms with Gasteiger partial charge in [0.25, 0.3) is 5.91 Å². The van der Waals surface area contributed by atoms with Crippen LogP contribution in [-0.2, 0) is 10.0 Å². The lowest BCUT2D eigenvalue weighted by Gasteiger charge is -2.33. The predicted molar refractivity (Wildman–Crippen MR) is 77.1 cm³/mol. The zero-order valence-corrected chi connectivity index (χ0v) is 13.0. The Hall–Kier alpha value is -1.18. The Balaban J connectivity index is 2.46. The first-order valence-corrected chi connectivity index (χ1v) is 8.47. The summed E-state index contributed by atoms with van der Waals surface area (Å²) in [6.45, 7) is 2.48. The number of halogens is 2. The number of nitrogens with zero attached hydrogens (tertiary/aromatic N) is 1. The summed E-state index contributed by atoms with van der Waals surface area (Å²) in [5.74, 6) is -1.47. The molecular formula is C13H16ClFN2O3S. The van der Waals surface area contributed by atoms with Gasteiger partial charge in [0.1, 0.15) is 10.7 Å². The van der Waals surface area contributed by atoms with Crippen LogP contribution in [0.1, 0.15) is 36.5 Å². The maximum atomic E-state index is 13.6. The minimum absolute atomic E-state index is 0.0327. The second-order valence-corrected chi connectivity index (χ2v) is 7.09. The lowest BCUT2D eigenvalue weighted by atomic mass is 10.0. The summed E-state index contributed by atoms with van der Waals surface area (Å²) < 4.78 is 36.3. The van der Waals surface area contributed by atoms with Crippen molar-refractivity contribution >= 4 is 27.5 Å². The third-order valence-corrected chi connectivity index (χ3v) is 4.86. The number of nitrogens with two attached hydrogens (primary N) is 1. The number of piperidine rings is 1. The van der Waals surface area contributed by atoms with Crippen LogP contribution >= 0.6 is 11.6 Å². The van der Waals surface area contributed by atoms with Gasteiger partial charge < -0.3 is 4.90 Å². The van der Waals surface area contributed by atoms with Gasteiger partial charge in [-0.15, -0.1) is 0 Å². The number of carbonyl (C=O) groups excluding carboxylic acids is 1. The summed E-state index contributed by atoms with van der Waals surface area (Å²) in [7, 11) is -4.25. The number of sulfonamides is 1. The van der Waals surface area contributed by atoms with Crippen molar-refractivity contribution in [1.29, 1.82) is 0 Å². The summed E-state index contributed by atoms with van der Waals surface area (Å²) in [4.78, 5) is 13.4. The van der Waals surface area contributed by atoms with Crippen LogP contribution in [0.5, 0.6) is 0 Å². The van der Waals surface area contributed by atoms with Gasteiger partial charge in [0, 0.05) is 12.6 Å². The number of hydrogen-bond donors (Lipinski definition) is 1. The van der Waals surface area contributed by atoms with Crippen LogP contribution in [0.2, 0.25) is 5.02 Å². The van der Waals surface area contributed by atoms with Crippen molar-refractivity contribution in [1.82, 2.24) is 4.90 Å². The molecule has 0 aromatic heterocycles. The first-order chi connectivity index (χ1) is 9.71. The highest BCUT2D eigenvalue weighted by Gasteiger charge is 2.28. The average Bonchev–Trinajstić information content (AvgIpc) is 2.37. The van der Waals surface area contributed by atoms with E-state index < -0.39 is 26.6 Å². The van der Waals surface area contributed by atoms with Gasteiger partial charge in [-0.2, -0.15) is 0 Å². The molecule has 1 aliphatic heterocycles. The van der Waals surface area contributed by atoms with Crippen molar-refractivity contribution in [3.05, 3.63) is 28.5 Å². The molecule has 0 aliphatic carbocycles. The maximum absolute atomic E-state index is 13.6.